The largest absolute Gasteiger partial charge is 0.504 e. The lowest BCUT2D eigenvalue weighted by Gasteiger charge is -1.98. The molecule has 0 spiro atoms. The van der Waals surface area contributed by atoms with Gasteiger partial charge in [0.2, 0.25) is 0 Å². The summed E-state index contributed by atoms with van der Waals surface area (Å²) in [5, 5.41) is 9.16. The van der Waals surface area contributed by atoms with Gasteiger partial charge in [-0.05, 0) is 6.07 Å². The average molecular weight is 214 g/mol. The van der Waals surface area contributed by atoms with Crippen LogP contribution in [-0.4, -0.2) is 10.9 Å². The fourth-order valence-electron chi connectivity index (χ4n) is 0.875. The Labute approximate surface area is 86.2 Å². The van der Waals surface area contributed by atoms with Crippen molar-refractivity contribution in [1.82, 2.24) is 0 Å². The number of hydrogen-bond acceptors (Lipinski definition) is 2. The van der Waals surface area contributed by atoms with E-state index >= 15 is 0 Å². The van der Waals surface area contributed by atoms with Crippen molar-refractivity contribution in [2.24, 2.45) is 0 Å². The minimum Gasteiger partial charge on any atom is -0.504 e. The molecule has 1 nitrogen and oxygen atoms in total. The first-order valence-electron chi connectivity index (χ1n) is 3.93. The van der Waals surface area contributed by atoms with Gasteiger partial charge in [0.25, 0.3) is 0 Å². The zero-order valence-corrected chi connectivity index (χ0v) is 8.11. The van der Waals surface area contributed by atoms with Crippen LogP contribution < -0.4 is 0 Å². The third kappa shape index (κ3) is 2.64. The minimum atomic E-state index is -1.000. The summed E-state index contributed by atoms with van der Waals surface area (Å²) in [6.45, 7) is 0. The van der Waals surface area contributed by atoms with Gasteiger partial charge in [-0.2, -0.15) is 12.6 Å². The Morgan fingerprint density at radius 1 is 1.36 bits per heavy atom. The van der Waals surface area contributed by atoms with Crippen molar-refractivity contribution in [2.75, 3.05) is 5.75 Å². The summed E-state index contributed by atoms with van der Waals surface area (Å²) in [5.74, 6) is 3.29. The van der Waals surface area contributed by atoms with Crippen LogP contribution in [0.25, 0.3) is 0 Å². The van der Waals surface area contributed by atoms with Gasteiger partial charge in [-0.15, -0.1) is 0 Å². The van der Waals surface area contributed by atoms with Crippen LogP contribution in [0.2, 0.25) is 0 Å². The molecule has 1 N–H and O–H groups in total. The lowest BCUT2D eigenvalue weighted by Crippen LogP contribution is -1.86. The van der Waals surface area contributed by atoms with Crippen LogP contribution in [0.4, 0.5) is 8.78 Å². The van der Waals surface area contributed by atoms with Crippen LogP contribution in [0.1, 0.15) is 12.0 Å². The van der Waals surface area contributed by atoms with Gasteiger partial charge in [0.05, 0.1) is 5.56 Å². The van der Waals surface area contributed by atoms with E-state index in [2.05, 4.69) is 24.5 Å². The number of hydrogen-bond donors (Lipinski definition) is 2. The van der Waals surface area contributed by atoms with E-state index in [1.807, 2.05) is 0 Å². The molecular formula is C10H8F2OS. The number of rotatable bonds is 1. The quantitative estimate of drug-likeness (QED) is 0.543. The summed E-state index contributed by atoms with van der Waals surface area (Å²) in [5.41, 5.74) is -0.0377. The standard InChI is InChI=1S/C10H8F2OS/c11-8-5-7(3-1-2-4-14)10(13)9(12)6-8/h5-6,13-14H,2,4H2. The minimum absolute atomic E-state index is 0.0377. The first kappa shape index (κ1) is 10.9. The first-order valence-corrected chi connectivity index (χ1v) is 4.56. The maximum Gasteiger partial charge on any atom is 0.169 e. The van der Waals surface area contributed by atoms with E-state index in [1.54, 1.807) is 0 Å². The summed E-state index contributed by atoms with van der Waals surface area (Å²) < 4.78 is 25.5. The summed E-state index contributed by atoms with van der Waals surface area (Å²) in [4.78, 5) is 0. The lowest BCUT2D eigenvalue weighted by molar-refractivity contribution is 0.426. The predicted octanol–water partition coefficient (Wildman–Crippen LogP) is 2.34. The Balaban J connectivity index is 3.04. The van der Waals surface area contributed by atoms with Crippen molar-refractivity contribution < 1.29 is 13.9 Å². The Kier molecular flexibility index (Phi) is 3.78. The van der Waals surface area contributed by atoms with Crippen LogP contribution in [0.15, 0.2) is 12.1 Å². The van der Waals surface area contributed by atoms with E-state index in [0.717, 1.165) is 6.07 Å². The summed E-state index contributed by atoms with van der Waals surface area (Å²) in [6.07, 6.45) is 0.501. The monoisotopic (exact) mass is 214 g/mol. The third-order valence-electron chi connectivity index (χ3n) is 1.49. The fourth-order valence-corrected chi connectivity index (χ4v) is 0.987. The number of benzene rings is 1. The maximum atomic E-state index is 12.8. The maximum absolute atomic E-state index is 12.8. The first-order chi connectivity index (χ1) is 6.65. The molecular weight excluding hydrogens is 206 g/mol. The number of phenolic OH excluding ortho intramolecular Hbond substituents is 1. The molecule has 0 heterocycles. The van der Waals surface area contributed by atoms with Crippen LogP contribution in [-0.2, 0) is 0 Å². The molecule has 0 aromatic heterocycles. The van der Waals surface area contributed by atoms with Gasteiger partial charge in [-0.3, -0.25) is 0 Å². The Hall–Kier alpha value is -1.21. The number of thiol groups is 1. The number of phenols is 1. The van der Waals surface area contributed by atoms with E-state index in [1.165, 1.54) is 0 Å². The van der Waals surface area contributed by atoms with Crippen molar-refractivity contribution in [3.8, 4) is 17.6 Å². The Morgan fingerprint density at radius 3 is 2.71 bits per heavy atom. The van der Waals surface area contributed by atoms with Crippen molar-refractivity contribution in [2.45, 2.75) is 6.42 Å². The summed E-state index contributed by atoms with van der Waals surface area (Å²) in [7, 11) is 0. The zero-order chi connectivity index (χ0) is 10.6. The molecule has 0 unspecified atom stereocenters. The van der Waals surface area contributed by atoms with Crippen LogP contribution >= 0.6 is 12.6 Å². The van der Waals surface area contributed by atoms with Crippen molar-refractivity contribution >= 4 is 12.6 Å². The summed E-state index contributed by atoms with van der Waals surface area (Å²) in [6, 6.07) is 1.60. The highest BCUT2D eigenvalue weighted by Gasteiger charge is 2.07. The van der Waals surface area contributed by atoms with Gasteiger partial charge in [-0.1, -0.05) is 11.8 Å². The normalized spacial score (nSPS) is 9.36. The molecule has 0 fully saturated rings. The molecule has 0 saturated carbocycles. The van der Waals surface area contributed by atoms with E-state index < -0.39 is 17.4 Å². The topological polar surface area (TPSA) is 20.2 Å². The molecule has 0 aliphatic rings. The molecule has 0 bridgehead atoms. The third-order valence-corrected chi connectivity index (χ3v) is 1.71. The second-order valence-corrected chi connectivity index (χ2v) is 3.01. The van der Waals surface area contributed by atoms with Gasteiger partial charge < -0.3 is 5.11 Å². The second kappa shape index (κ2) is 4.87. The molecule has 1 aromatic rings. The molecule has 0 aliphatic heterocycles. The fraction of sp³-hybridized carbons (Fsp3) is 0.200. The van der Waals surface area contributed by atoms with Crippen molar-refractivity contribution in [1.29, 1.82) is 0 Å². The van der Waals surface area contributed by atoms with Crippen LogP contribution in [0.5, 0.6) is 5.75 Å². The van der Waals surface area contributed by atoms with Crippen LogP contribution in [0, 0.1) is 23.5 Å². The molecule has 0 aliphatic carbocycles. The molecule has 1 rings (SSSR count). The van der Waals surface area contributed by atoms with Gasteiger partial charge in [0.15, 0.2) is 11.6 Å². The van der Waals surface area contributed by atoms with Crippen LogP contribution in [0.3, 0.4) is 0 Å². The summed E-state index contributed by atoms with van der Waals surface area (Å²) >= 11 is 3.92. The van der Waals surface area contributed by atoms with Crippen molar-refractivity contribution in [3.05, 3.63) is 29.3 Å². The van der Waals surface area contributed by atoms with E-state index in [4.69, 9.17) is 5.11 Å². The van der Waals surface area contributed by atoms with Crippen molar-refractivity contribution in [3.63, 3.8) is 0 Å². The second-order valence-electron chi connectivity index (χ2n) is 2.56. The Morgan fingerprint density at radius 2 is 2.07 bits per heavy atom. The molecule has 0 saturated heterocycles. The van der Waals surface area contributed by atoms with Gasteiger partial charge in [0.1, 0.15) is 5.82 Å². The van der Waals surface area contributed by atoms with E-state index in [-0.39, 0.29) is 5.56 Å². The molecule has 1 aromatic carbocycles. The van der Waals surface area contributed by atoms with Gasteiger partial charge in [-0.25, -0.2) is 8.78 Å². The SMILES string of the molecule is Oc1c(F)cc(F)cc1C#CCCS. The number of aromatic hydroxyl groups is 1. The molecule has 0 amide bonds. The van der Waals surface area contributed by atoms with Gasteiger partial charge in [0, 0.05) is 18.2 Å². The molecule has 0 radical (unpaired) electrons. The number of halogens is 2. The highest BCUT2D eigenvalue weighted by Crippen LogP contribution is 2.21. The molecule has 74 valence electrons. The van der Waals surface area contributed by atoms with Gasteiger partial charge >= 0.3 is 0 Å². The highest BCUT2D eigenvalue weighted by molar-refractivity contribution is 7.80. The highest BCUT2D eigenvalue weighted by atomic mass is 32.1. The van der Waals surface area contributed by atoms with E-state index in [0.29, 0.717) is 18.2 Å². The predicted molar refractivity (Wildman–Crippen MR) is 53.4 cm³/mol. The van der Waals surface area contributed by atoms with E-state index in [9.17, 15) is 8.78 Å². The molecule has 4 heteroatoms. The Bertz CT molecular complexity index is 393. The molecule has 0 atom stereocenters. The zero-order valence-electron chi connectivity index (χ0n) is 7.22. The molecule has 14 heavy (non-hydrogen) atoms. The lowest BCUT2D eigenvalue weighted by atomic mass is 10.2. The smallest absolute Gasteiger partial charge is 0.169 e. The average Bonchev–Trinajstić information content (AvgIpc) is 2.13.